The van der Waals surface area contributed by atoms with Gasteiger partial charge in [-0.2, -0.15) is 0 Å². The topological polar surface area (TPSA) is 133 Å². The fourth-order valence-corrected chi connectivity index (χ4v) is 3.42. The number of hydrogen-bond acceptors (Lipinski definition) is 8. The van der Waals surface area contributed by atoms with Gasteiger partial charge in [-0.1, -0.05) is 0 Å². The first-order chi connectivity index (χ1) is 13.0. The molecule has 3 aliphatic rings. The van der Waals surface area contributed by atoms with Crippen molar-refractivity contribution in [2.75, 3.05) is 20.1 Å². The monoisotopic (exact) mass is 401 g/mol. The van der Waals surface area contributed by atoms with Crippen molar-refractivity contribution in [2.45, 2.75) is 70.0 Å². The molecule has 0 aromatic carbocycles. The number of carbonyl (C=O) groups is 3. The van der Waals surface area contributed by atoms with Crippen molar-refractivity contribution in [3.63, 3.8) is 0 Å². The summed E-state index contributed by atoms with van der Waals surface area (Å²) in [6.07, 6.45) is -3.67. The van der Waals surface area contributed by atoms with Gasteiger partial charge in [0.05, 0.1) is 13.1 Å². The lowest BCUT2D eigenvalue weighted by Gasteiger charge is -2.36. The van der Waals surface area contributed by atoms with Crippen LogP contribution in [-0.2, 0) is 38.1 Å². The molecule has 3 fully saturated rings. The van der Waals surface area contributed by atoms with Gasteiger partial charge in [0.25, 0.3) is 5.91 Å². The summed E-state index contributed by atoms with van der Waals surface area (Å²) in [4.78, 5) is 35.6. The van der Waals surface area contributed by atoms with E-state index in [1.165, 1.54) is 7.05 Å². The van der Waals surface area contributed by atoms with Gasteiger partial charge in [-0.25, -0.2) is 0 Å². The van der Waals surface area contributed by atoms with Crippen LogP contribution in [0.3, 0.4) is 0 Å². The van der Waals surface area contributed by atoms with Gasteiger partial charge in [-0.05, 0) is 27.7 Å². The Morgan fingerprint density at radius 1 is 0.786 bits per heavy atom. The lowest BCUT2D eigenvalue weighted by molar-refractivity contribution is -0.231. The van der Waals surface area contributed by atoms with Crippen molar-refractivity contribution >= 4 is 17.7 Å². The van der Waals surface area contributed by atoms with Gasteiger partial charge < -0.3 is 39.6 Å². The third-order valence-electron chi connectivity index (χ3n) is 4.56. The molecule has 3 heterocycles. The fraction of sp³-hybridized carbons (Fsp3) is 0.824. The normalized spacial score (nSPS) is 34.8. The summed E-state index contributed by atoms with van der Waals surface area (Å²) in [5, 5.41) is 7.27. The molecule has 0 aliphatic carbocycles. The SMILES string of the molecule is CNC(=O)CNC(=O)CNC(=O)C1OC2OC(C)(C)OC2C2OC(C)(C)OC12. The van der Waals surface area contributed by atoms with E-state index in [4.69, 9.17) is 23.7 Å². The molecule has 3 amide bonds. The predicted molar refractivity (Wildman–Crippen MR) is 92.6 cm³/mol. The van der Waals surface area contributed by atoms with Crippen LogP contribution < -0.4 is 16.0 Å². The molecule has 11 heteroatoms. The number of fused-ring (bicyclic) bond motifs is 3. The Morgan fingerprint density at radius 3 is 2.04 bits per heavy atom. The molecular weight excluding hydrogens is 374 g/mol. The molecule has 0 bridgehead atoms. The van der Waals surface area contributed by atoms with E-state index in [1.807, 2.05) is 0 Å². The Bertz CT molecular complexity index is 652. The Kier molecular flexibility index (Phi) is 5.65. The summed E-state index contributed by atoms with van der Waals surface area (Å²) in [7, 11) is 1.46. The maximum absolute atomic E-state index is 12.7. The molecule has 0 saturated carbocycles. The highest BCUT2D eigenvalue weighted by Crippen LogP contribution is 2.44. The molecule has 5 unspecified atom stereocenters. The Hall–Kier alpha value is -1.79. The maximum Gasteiger partial charge on any atom is 0.252 e. The van der Waals surface area contributed by atoms with E-state index in [9.17, 15) is 14.4 Å². The number of hydrogen-bond donors (Lipinski definition) is 3. The Balaban J connectivity index is 1.63. The minimum atomic E-state index is -1.04. The highest BCUT2D eigenvalue weighted by Gasteiger charge is 2.62. The zero-order valence-electron chi connectivity index (χ0n) is 16.6. The van der Waals surface area contributed by atoms with Crippen molar-refractivity contribution in [1.82, 2.24) is 16.0 Å². The lowest BCUT2D eigenvalue weighted by Crippen LogP contribution is -2.60. The molecule has 158 valence electrons. The van der Waals surface area contributed by atoms with Crippen LogP contribution in [0.1, 0.15) is 27.7 Å². The minimum Gasteiger partial charge on any atom is -0.358 e. The summed E-state index contributed by atoms with van der Waals surface area (Å²) < 4.78 is 29.2. The molecule has 3 saturated heterocycles. The van der Waals surface area contributed by atoms with Gasteiger partial charge in [0.1, 0.15) is 18.3 Å². The number of rotatable bonds is 5. The number of ether oxygens (including phenoxy) is 5. The second-order valence-corrected chi connectivity index (χ2v) is 7.76. The van der Waals surface area contributed by atoms with Gasteiger partial charge in [0, 0.05) is 7.05 Å². The minimum absolute atomic E-state index is 0.176. The number of amides is 3. The average molecular weight is 401 g/mol. The van der Waals surface area contributed by atoms with Crippen LogP contribution in [0, 0.1) is 0 Å². The molecule has 3 rings (SSSR count). The molecular formula is C17H27N3O8. The van der Waals surface area contributed by atoms with Crippen LogP contribution in [0.4, 0.5) is 0 Å². The van der Waals surface area contributed by atoms with E-state index in [-0.39, 0.29) is 19.0 Å². The summed E-state index contributed by atoms with van der Waals surface area (Å²) in [6.45, 7) is 6.48. The van der Waals surface area contributed by atoms with Crippen molar-refractivity contribution in [3.8, 4) is 0 Å². The van der Waals surface area contributed by atoms with E-state index in [0.29, 0.717) is 0 Å². The molecule has 3 N–H and O–H groups in total. The standard InChI is InChI=1S/C17H27N3O8/c1-16(2)25-10-11(26-16)13-15(28-17(3,4)27-13)24-12(10)14(23)20-7-9(22)19-6-8(21)18-5/h10-13,15H,6-7H2,1-5H3,(H,18,21)(H,19,22)(H,20,23). The molecule has 0 aromatic heterocycles. The summed E-state index contributed by atoms with van der Waals surface area (Å²) >= 11 is 0. The molecule has 5 atom stereocenters. The highest BCUT2D eigenvalue weighted by molar-refractivity contribution is 5.89. The molecule has 0 spiro atoms. The summed E-state index contributed by atoms with van der Waals surface area (Å²) in [6, 6.07) is 0. The van der Waals surface area contributed by atoms with Crippen LogP contribution >= 0.6 is 0 Å². The van der Waals surface area contributed by atoms with Crippen LogP contribution in [0.5, 0.6) is 0 Å². The average Bonchev–Trinajstić information content (AvgIpc) is 3.10. The van der Waals surface area contributed by atoms with Crippen LogP contribution in [0.15, 0.2) is 0 Å². The lowest BCUT2D eigenvalue weighted by atomic mass is 9.98. The third-order valence-corrected chi connectivity index (χ3v) is 4.56. The zero-order valence-corrected chi connectivity index (χ0v) is 16.6. The Morgan fingerprint density at radius 2 is 1.36 bits per heavy atom. The first kappa shape index (κ1) is 20.9. The molecule has 28 heavy (non-hydrogen) atoms. The number of nitrogens with one attached hydrogen (secondary N) is 3. The van der Waals surface area contributed by atoms with Crippen LogP contribution in [-0.4, -0.2) is 80.1 Å². The van der Waals surface area contributed by atoms with Crippen LogP contribution in [0.2, 0.25) is 0 Å². The Labute approximate surface area is 162 Å². The van der Waals surface area contributed by atoms with E-state index in [0.717, 1.165) is 0 Å². The summed E-state index contributed by atoms with van der Waals surface area (Å²) in [5.41, 5.74) is 0. The van der Waals surface area contributed by atoms with Gasteiger partial charge in [-0.3, -0.25) is 14.4 Å². The molecule has 0 aromatic rings. The van der Waals surface area contributed by atoms with Gasteiger partial charge in [0.2, 0.25) is 11.8 Å². The van der Waals surface area contributed by atoms with Crippen molar-refractivity contribution in [1.29, 1.82) is 0 Å². The summed E-state index contributed by atoms with van der Waals surface area (Å²) in [5.74, 6) is -3.21. The zero-order chi connectivity index (χ0) is 20.7. The van der Waals surface area contributed by atoms with E-state index >= 15 is 0 Å². The van der Waals surface area contributed by atoms with E-state index in [1.54, 1.807) is 27.7 Å². The van der Waals surface area contributed by atoms with Crippen LogP contribution in [0.25, 0.3) is 0 Å². The van der Waals surface area contributed by atoms with Crippen molar-refractivity contribution < 1.29 is 38.1 Å². The van der Waals surface area contributed by atoms with Gasteiger partial charge >= 0.3 is 0 Å². The molecule has 3 aliphatic heterocycles. The van der Waals surface area contributed by atoms with Gasteiger partial charge in [-0.15, -0.1) is 0 Å². The first-order valence-corrected chi connectivity index (χ1v) is 9.13. The second-order valence-electron chi connectivity index (χ2n) is 7.76. The smallest absolute Gasteiger partial charge is 0.252 e. The predicted octanol–water partition coefficient (Wildman–Crippen LogP) is -1.64. The maximum atomic E-state index is 12.7. The quantitative estimate of drug-likeness (QED) is 0.500. The fourth-order valence-electron chi connectivity index (χ4n) is 3.42. The molecule has 0 radical (unpaired) electrons. The first-order valence-electron chi connectivity index (χ1n) is 9.13. The van der Waals surface area contributed by atoms with E-state index < -0.39 is 54.1 Å². The van der Waals surface area contributed by atoms with E-state index in [2.05, 4.69) is 16.0 Å². The molecule has 11 nitrogen and oxygen atoms in total. The van der Waals surface area contributed by atoms with Crippen molar-refractivity contribution in [3.05, 3.63) is 0 Å². The number of likely N-dealkylation sites (N-methyl/N-ethyl adjacent to an activating group) is 1. The largest absolute Gasteiger partial charge is 0.358 e. The van der Waals surface area contributed by atoms with Gasteiger partial charge in [0.15, 0.2) is 24.0 Å². The third kappa shape index (κ3) is 4.44. The second kappa shape index (κ2) is 7.56. The highest BCUT2D eigenvalue weighted by atomic mass is 16.9. The number of carbonyl (C=O) groups excluding carboxylic acids is 3. The van der Waals surface area contributed by atoms with Crippen molar-refractivity contribution in [2.24, 2.45) is 0 Å².